The Morgan fingerprint density at radius 3 is 2.78 bits per heavy atom. The van der Waals surface area contributed by atoms with Crippen molar-refractivity contribution in [1.29, 1.82) is 0 Å². The van der Waals surface area contributed by atoms with Crippen LogP contribution in [0.5, 0.6) is 0 Å². The van der Waals surface area contributed by atoms with Crippen LogP contribution in [-0.4, -0.2) is 16.7 Å². The molecule has 0 atom stereocenters. The molecule has 5 heteroatoms. The second-order valence-electron chi connectivity index (χ2n) is 5.57. The summed E-state index contributed by atoms with van der Waals surface area (Å²) >= 11 is 3.48. The molecule has 4 nitrogen and oxygen atoms in total. The third-order valence-corrected chi connectivity index (χ3v) is 4.14. The van der Waals surface area contributed by atoms with Crippen molar-refractivity contribution in [1.82, 2.24) is 10.1 Å². The highest BCUT2D eigenvalue weighted by Crippen LogP contribution is 2.38. The molecule has 1 fully saturated rings. The smallest absolute Gasteiger partial charge is 0.226 e. The number of benzene rings is 1. The Morgan fingerprint density at radius 2 is 2.04 bits per heavy atom. The van der Waals surface area contributed by atoms with Gasteiger partial charge in [0.1, 0.15) is 0 Å². The minimum Gasteiger partial charge on any atom is -0.385 e. The van der Waals surface area contributed by atoms with Crippen LogP contribution in [0.4, 0.5) is 5.69 Å². The zero-order valence-electron chi connectivity index (χ0n) is 13.4. The van der Waals surface area contributed by atoms with E-state index < -0.39 is 0 Å². The molecule has 0 bridgehead atoms. The van der Waals surface area contributed by atoms with Crippen LogP contribution >= 0.6 is 15.9 Å². The molecule has 1 aliphatic rings. The summed E-state index contributed by atoms with van der Waals surface area (Å²) in [4.78, 5) is 4.45. The lowest BCUT2D eigenvalue weighted by molar-refractivity contribution is 0.369. The SMILES string of the molecule is Brc1cccc(NCCCCCc2nc(C3CC3)no2)c1.C=C. The first-order chi connectivity index (χ1) is 11.3. The first-order valence-corrected chi connectivity index (χ1v) is 8.92. The Morgan fingerprint density at radius 1 is 1.22 bits per heavy atom. The first-order valence-electron chi connectivity index (χ1n) is 8.13. The fourth-order valence-electron chi connectivity index (χ4n) is 2.29. The molecule has 0 unspecified atom stereocenters. The largest absolute Gasteiger partial charge is 0.385 e. The van der Waals surface area contributed by atoms with E-state index in [0.29, 0.717) is 5.92 Å². The second-order valence-corrected chi connectivity index (χ2v) is 6.48. The van der Waals surface area contributed by atoms with Crippen molar-refractivity contribution in [3.63, 3.8) is 0 Å². The van der Waals surface area contributed by atoms with Gasteiger partial charge in [0.2, 0.25) is 5.89 Å². The summed E-state index contributed by atoms with van der Waals surface area (Å²) in [6.07, 6.45) is 6.77. The lowest BCUT2D eigenvalue weighted by Crippen LogP contribution is -2.01. The molecule has 124 valence electrons. The Labute approximate surface area is 146 Å². The Kier molecular flexibility index (Phi) is 7.33. The standard InChI is InChI=1S/C16H20BrN3O.C2H4/c17-13-5-4-6-14(11-13)18-10-3-1-2-7-15-19-16(20-21-15)12-8-9-12;1-2/h4-6,11-12,18H,1-3,7-10H2;1-2H2. The molecule has 0 amide bonds. The quantitative estimate of drug-likeness (QED) is 0.498. The normalized spacial score (nSPS) is 13.3. The van der Waals surface area contributed by atoms with Gasteiger partial charge in [0, 0.05) is 29.0 Å². The number of aryl methyl sites for hydroxylation is 1. The number of hydrogen-bond acceptors (Lipinski definition) is 4. The molecule has 0 saturated heterocycles. The number of hydrogen-bond donors (Lipinski definition) is 1. The summed E-state index contributed by atoms with van der Waals surface area (Å²) < 4.78 is 6.38. The van der Waals surface area contributed by atoms with Gasteiger partial charge in [0.25, 0.3) is 0 Å². The van der Waals surface area contributed by atoms with Gasteiger partial charge in [-0.2, -0.15) is 4.98 Å². The van der Waals surface area contributed by atoms with Gasteiger partial charge >= 0.3 is 0 Å². The summed E-state index contributed by atoms with van der Waals surface area (Å²) in [6.45, 7) is 6.99. The van der Waals surface area contributed by atoms with Crippen LogP contribution in [0.1, 0.15) is 49.7 Å². The molecule has 1 aliphatic carbocycles. The molecule has 0 aliphatic heterocycles. The highest BCUT2D eigenvalue weighted by molar-refractivity contribution is 9.10. The zero-order valence-corrected chi connectivity index (χ0v) is 15.0. The third-order valence-electron chi connectivity index (χ3n) is 3.65. The highest BCUT2D eigenvalue weighted by Gasteiger charge is 2.28. The number of aromatic nitrogens is 2. The van der Waals surface area contributed by atoms with Gasteiger partial charge < -0.3 is 9.84 Å². The summed E-state index contributed by atoms with van der Waals surface area (Å²) in [5.74, 6) is 2.30. The molecular weight excluding hydrogens is 354 g/mol. The number of rotatable bonds is 8. The van der Waals surface area contributed by atoms with Crippen LogP contribution in [0.25, 0.3) is 0 Å². The van der Waals surface area contributed by atoms with Crippen molar-refractivity contribution >= 4 is 21.6 Å². The fourth-order valence-corrected chi connectivity index (χ4v) is 2.69. The van der Waals surface area contributed by atoms with Gasteiger partial charge in [-0.15, -0.1) is 13.2 Å². The van der Waals surface area contributed by atoms with Gasteiger partial charge in [-0.1, -0.05) is 33.6 Å². The predicted molar refractivity (Wildman–Crippen MR) is 97.7 cm³/mol. The number of halogens is 1. The molecule has 1 aromatic carbocycles. The van der Waals surface area contributed by atoms with Crippen LogP contribution in [0, 0.1) is 0 Å². The average molecular weight is 378 g/mol. The molecule has 1 heterocycles. The maximum atomic E-state index is 5.27. The Bertz CT molecular complexity index is 595. The highest BCUT2D eigenvalue weighted by atomic mass is 79.9. The van der Waals surface area contributed by atoms with E-state index in [1.54, 1.807) is 0 Å². The van der Waals surface area contributed by atoms with Gasteiger partial charge in [-0.25, -0.2) is 0 Å². The van der Waals surface area contributed by atoms with E-state index in [9.17, 15) is 0 Å². The lowest BCUT2D eigenvalue weighted by Gasteiger charge is -2.06. The predicted octanol–water partition coefficient (Wildman–Crippen LogP) is 5.34. The summed E-state index contributed by atoms with van der Waals surface area (Å²) in [6, 6.07) is 8.26. The van der Waals surface area contributed by atoms with Gasteiger partial charge in [0.15, 0.2) is 5.82 Å². The summed E-state index contributed by atoms with van der Waals surface area (Å²) in [5.41, 5.74) is 1.16. The van der Waals surface area contributed by atoms with E-state index >= 15 is 0 Å². The van der Waals surface area contributed by atoms with Gasteiger partial charge in [0.05, 0.1) is 0 Å². The van der Waals surface area contributed by atoms with Gasteiger partial charge in [-0.3, -0.25) is 0 Å². The van der Waals surface area contributed by atoms with Crippen molar-refractivity contribution in [2.45, 2.75) is 44.4 Å². The van der Waals surface area contributed by atoms with Crippen molar-refractivity contribution < 1.29 is 4.52 Å². The molecule has 0 spiro atoms. The van der Waals surface area contributed by atoms with Crippen LogP contribution in [0.3, 0.4) is 0 Å². The van der Waals surface area contributed by atoms with Crippen molar-refractivity contribution in [3.05, 3.63) is 53.6 Å². The Hall–Kier alpha value is -1.62. The van der Waals surface area contributed by atoms with E-state index in [4.69, 9.17) is 4.52 Å². The van der Waals surface area contributed by atoms with Crippen molar-refractivity contribution in [3.8, 4) is 0 Å². The third kappa shape index (κ3) is 6.18. The minimum absolute atomic E-state index is 0.580. The van der Waals surface area contributed by atoms with Gasteiger partial charge in [-0.05, 0) is 43.9 Å². The molecule has 2 aromatic rings. The fraction of sp³-hybridized carbons (Fsp3) is 0.444. The number of nitrogens with zero attached hydrogens (tertiary/aromatic N) is 2. The molecular formula is C18H24BrN3O. The topological polar surface area (TPSA) is 51.0 Å². The van der Waals surface area contributed by atoms with E-state index in [1.807, 2.05) is 12.1 Å². The molecule has 23 heavy (non-hydrogen) atoms. The van der Waals surface area contributed by atoms with Crippen LogP contribution in [-0.2, 0) is 6.42 Å². The molecule has 1 aromatic heterocycles. The van der Waals surface area contributed by atoms with E-state index in [2.05, 4.69) is 56.7 Å². The maximum Gasteiger partial charge on any atom is 0.226 e. The van der Waals surface area contributed by atoms with E-state index in [1.165, 1.54) is 19.3 Å². The monoisotopic (exact) mass is 377 g/mol. The maximum absolute atomic E-state index is 5.27. The van der Waals surface area contributed by atoms with Crippen LogP contribution in [0.15, 0.2) is 46.4 Å². The lowest BCUT2D eigenvalue weighted by atomic mass is 10.2. The molecule has 1 saturated carbocycles. The first kappa shape index (κ1) is 17.7. The second kappa shape index (κ2) is 9.50. The average Bonchev–Trinajstić information content (AvgIpc) is 3.32. The molecule has 0 radical (unpaired) electrons. The summed E-state index contributed by atoms with van der Waals surface area (Å²) in [7, 11) is 0. The number of nitrogens with one attached hydrogen (secondary N) is 1. The zero-order chi connectivity index (χ0) is 16.5. The van der Waals surface area contributed by atoms with Crippen LogP contribution < -0.4 is 5.32 Å². The Balaban J connectivity index is 0.000000924. The van der Waals surface area contributed by atoms with Crippen LogP contribution in [0.2, 0.25) is 0 Å². The van der Waals surface area contributed by atoms with E-state index in [0.717, 1.165) is 47.7 Å². The molecule has 1 N–H and O–H groups in total. The molecule has 3 rings (SSSR count). The number of anilines is 1. The minimum atomic E-state index is 0.580. The van der Waals surface area contributed by atoms with Crippen molar-refractivity contribution in [2.75, 3.05) is 11.9 Å². The number of unbranched alkanes of at least 4 members (excludes halogenated alkanes) is 2. The van der Waals surface area contributed by atoms with E-state index in [-0.39, 0.29) is 0 Å². The van der Waals surface area contributed by atoms with Crippen molar-refractivity contribution in [2.24, 2.45) is 0 Å². The summed E-state index contributed by atoms with van der Waals surface area (Å²) in [5, 5.41) is 7.47.